The topological polar surface area (TPSA) is 80.7 Å². The first-order valence-electron chi connectivity index (χ1n) is 7.27. The van der Waals surface area contributed by atoms with Gasteiger partial charge in [-0.25, -0.2) is 0 Å². The average Bonchev–Trinajstić information content (AvgIpc) is 2.52. The molecule has 3 N–H and O–H groups in total. The molecular weight excluding hydrogens is 254 g/mol. The molecule has 0 spiro atoms. The normalized spacial score (nSPS) is 23.8. The van der Waals surface area contributed by atoms with E-state index in [4.69, 9.17) is 15.7 Å². The van der Waals surface area contributed by atoms with Gasteiger partial charge in [0.25, 0.3) is 0 Å². The molecule has 0 amide bonds. The number of pyridine rings is 1. The third-order valence-electron chi connectivity index (χ3n) is 3.99. The fourth-order valence-corrected chi connectivity index (χ4v) is 2.73. The zero-order valence-electron chi connectivity index (χ0n) is 12.0. The van der Waals surface area contributed by atoms with Gasteiger partial charge in [-0.3, -0.25) is 4.98 Å². The monoisotopic (exact) mass is 277 g/mol. The molecule has 0 aromatic carbocycles. The lowest BCUT2D eigenvalue weighted by molar-refractivity contribution is 0.00174. The first-order chi connectivity index (χ1) is 9.72. The lowest BCUT2D eigenvalue weighted by atomic mass is 9.85. The summed E-state index contributed by atoms with van der Waals surface area (Å²) in [5, 5.41) is 11.6. The molecule has 1 aliphatic rings. The second-order valence-electron chi connectivity index (χ2n) is 5.41. The van der Waals surface area contributed by atoms with E-state index in [0.29, 0.717) is 18.4 Å². The Balaban J connectivity index is 1.90. The van der Waals surface area contributed by atoms with Crippen molar-refractivity contribution in [3.8, 4) is 0 Å². The maximum absolute atomic E-state index is 8.66. The molecule has 0 radical (unpaired) electrons. The maximum atomic E-state index is 8.66. The number of hydrogen-bond donors (Lipinski definition) is 2. The first-order valence-corrected chi connectivity index (χ1v) is 7.27. The molecule has 1 aromatic rings. The van der Waals surface area contributed by atoms with Gasteiger partial charge in [-0.2, -0.15) is 0 Å². The van der Waals surface area contributed by atoms with E-state index in [0.717, 1.165) is 24.3 Å². The molecule has 2 rings (SSSR count). The molecule has 2 unspecified atom stereocenters. The Kier molecular flexibility index (Phi) is 5.35. The average molecular weight is 277 g/mol. The molecule has 2 atom stereocenters. The maximum Gasteiger partial charge on any atom is 0.188 e. The van der Waals surface area contributed by atoms with Gasteiger partial charge >= 0.3 is 0 Å². The van der Waals surface area contributed by atoms with Crippen LogP contribution in [0.2, 0.25) is 0 Å². The summed E-state index contributed by atoms with van der Waals surface area (Å²) in [5.41, 5.74) is 7.01. The second kappa shape index (κ2) is 7.24. The van der Waals surface area contributed by atoms with Crippen LogP contribution in [0.15, 0.2) is 23.5 Å². The molecule has 1 aromatic heterocycles. The largest absolute Gasteiger partial charge is 0.409 e. The van der Waals surface area contributed by atoms with E-state index in [1.165, 1.54) is 19.3 Å². The highest BCUT2D eigenvalue weighted by Gasteiger charge is 2.21. The third kappa shape index (κ3) is 3.93. The highest BCUT2D eigenvalue weighted by atomic mass is 16.5. The van der Waals surface area contributed by atoms with Gasteiger partial charge < -0.3 is 15.7 Å². The summed E-state index contributed by atoms with van der Waals surface area (Å²) in [5.74, 6) is 0.828. The van der Waals surface area contributed by atoms with E-state index in [1.54, 1.807) is 12.3 Å². The molecule has 110 valence electrons. The number of amidine groups is 1. The van der Waals surface area contributed by atoms with E-state index in [-0.39, 0.29) is 5.84 Å². The summed E-state index contributed by atoms with van der Waals surface area (Å²) in [6.07, 6.45) is 8.15. The molecule has 0 bridgehead atoms. The van der Waals surface area contributed by atoms with Gasteiger partial charge in [0, 0.05) is 6.20 Å². The number of nitrogens with two attached hydrogens (primary N) is 1. The van der Waals surface area contributed by atoms with Gasteiger partial charge in [0.2, 0.25) is 0 Å². The Morgan fingerprint density at radius 1 is 1.55 bits per heavy atom. The third-order valence-corrected chi connectivity index (χ3v) is 3.99. The van der Waals surface area contributed by atoms with E-state index in [2.05, 4.69) is 17.1 Å². The summed E-state index contributed by atoms with van der Waals surface area (Å²) in [6, 6.07) is 3.70. The second-order valence-corrected chi connectivity index (χ2v) is 5.41. The van der Waals surface area contributed by atoms with Crippen molar-refractivity contribution in [1.82, 2.24) is 4.98 Å². The molecule has 1 saturated carbocycles. The van der Waals surface area contributed by atoms with Gasteiger partial charge in [0.05, 0.1) is 12.7 Å². The SMILES string of the molecule is CCC1CCCC(OCc2ccnc(C(N)=NO)c2)C1. The van der Waals surface area contributed by atoms with Crippen LogP contribution in [-0.2, 0) is 11.3 Å². The van der Waals surface area contributed by atoms with Crippen molar-refractivity contribution in [2.45, 2.75) is 51.7 Å². The standard InChI is InChI=1S/C15H23N3O2/c1-2-11-4-3-5-13(8-11)20-10-12-6-7-17-14(9-12)15(16)18-19/h6-7,9,11,13,19H,2-5,8,10H2,1H3,(H2,16,18). The fraction of sp³-hybridized carbons (Fsp3) is 0.600. The van der Waals surface area contributed by atoms with Crippen molar-refractivity contribution >= 4 is 5.84 Å². The minimum Gasteiger partial charge on any atom is -0.409 e. The fourth-order valence-electron chi connectivity index (χ4n) is 2.73. The summed E-state index contributed by atoms with van der Waals surface area (Å²) in [7, 11) is 0. The van der Waals surface area contributed by atoms with Gasteiger partial charge in [-0.05, 0) is 36.5 Å². The Bertz CT molecular complexity index is 462. The Hall–Kier alpha value is -1.62. The quantitative estimate of drug-likeness (QED) is 0.375. The van der Waals surface area contributed by atoms with Crippen molar-refractivity contribution in [3.63, 3.8) is 0 Å². The smallest absolute Gasteiger partial charge is 0.188 e. The summed E-state index contributed by atoms with van der Waals surface area (Å²) in [4.78, 5) is 4.06. The van der Waals surface area contributed by atoms with E-state index in [9.17, 15) is 0 Å². The van der Waals surface area contributed by atoms with Crippen molar-refractivity contribution in [2.24, 2.45) is 16.8 Å². The van der Waals surface area contributed by atoms with Crippen molar-refractivity contribution in [2.75, 3.05) is 0 Å². The molecule has 0 aliphatic heterocycles. The number of ether oxygens (including phenoxy) is 1. The van der Waals surface area contributed by atoms with Crippen LogP contribution in [0.3, 0.4) is 0 Å². The lowest BCUT2D eigenvalue weighted by Gasteiger charge is -2.28. The molecular formula is C15H23N3O2. The Labute approximate surface area is 119 Å². The number of rotatable bonds is 5. The molecule has 1 aliphatic carbocycles. The zero-order valence-corrected chi connectivity index (χ0v) is 12.0. The van der Waals surface area contributed by atoms with Gasteiger partial charge in [-0.15, -0.1) is 0 Å². The van der Waals surface area contributed by atoms with Crippen LogP contribution in [0, 0.1) is 5.92 Å². The summed E-state index contributed by atoms with van der Waals surface area (Å²) >= 11 is 0. The van der Waals surface area contributed by atoms with E-state index >= 15 is 0 Å². The minimum atomic E-state index is 0.0237. The molecule has 1 heterocycles. The van der Waals surface area contributed by atoms with Crippen molar-refractivity contribution in [3.05, 3.63) is 29.6 Å². The number of aromatic nitrogens is 1. The Morgan fingerprint density at radius 3 is 3.15 bits per heavy atom. The van der Waals surface area contributed by atoms with E-state index in [1.807, 2.05) is 6.07 Å². The number of hydrogen-bond acceptors (Lipinski definition) is 4. The molecule has 20 heavy (non-hydrogen) atoms. The van der Waals surface area contributed by atoms with Gasteiger partial charge in [0.1, 0.15) is 5.69 Å². The predicted molar refractivity (Wildman–Crippen MR) is 77.6 cm³/mol. The molecule has 5 heteroatoms. The number of nitrogens with zero attached hydrogens (tertiary/aromatic N) is 2. The van der Waals surface area contributed by atoms with E-state index < -0.39 is 0 Å². The summed E-state index contributed by atoms with van der Waals surface area (Å²) in [6.45, 7) is 2.80. The van der Waals surface area contributed by atoms with Crippen LogP contribution in [0.4, 0.5) is 0 Å². The molecule has 0 saturated heterocycles. The summed E-state index contributed by atoms with van der Waals surface area (Å²) < 4.78 is 6.00. The Morgan fingerprint density at radius 2 is 2.40 bits per heavy atom. The van der Waals surface area contributed by atoms with Crippen molar-refractivity contribution in [1.29, 1.82) is 0 Å². The van der Waals surface area contributed by atoms with Crippen molar-refractivity contribution < 1.29 is 9.94 Å². The molecule has 1 fully saturated rings. The lowest BCUT2D eigenvalue weighted by Crippen LogP contribution is -2.22. The highest BCUT2D eigenvalue weighted by Crippen LogP contribution is 2.28. The van der Waals surface area contributed by atoms with Crippen LogP contribution in [0.1, 0.15) is 50.3 Å². The van der Waals surface area contributed by atoms with Gasteiger partial charge in [0.15, 0.2) is 5.84 Å². The predicted octanol–water partition coefficient (Wildman–Crippen LogP) is 2.66. The van der Waals surface area contributed by atoms with Crippen LogP contribution >= 0.6 is 0 Å². The minimum absolute atomic E-state index is 0.0237. The molecule has 5 nitrogen and oxygen atoms in total. The van der Waals surface area contributed by atoms with Gasteiger partial charge in [-0.1, -0.05) is 31.3 Å². The first kappa shape index (κ1) is 14.8. The van der Waals surface area contributed by atoms with Crippen LogP contribution in [0.25, 0.3) is 0 Å². The van der Waals surface area contributed by atoms with Crippen LogP contribution in [0.5, 0.6) is 0 Å². The zero-order chi connectivity index (χ0) is 14.4. The number of oxime groups is 1. The van der Waals surface area contributed by atoms with Crippen LogP contribution in [-0.4, -0.2) is 22.1 Å². The highest BCUT2D eigenvalue weighted by molar-refractivity contribution is 5.95. The van der Waals surface area contributed by atoms with Crippen LogP contribution < -0.4 is 5.73 Å².